The number of halogens is 2. The van der Waals surface area contributed by atoms with E-state index in [0.717, 1.165) is 12.3 Å². The molecule has 0 saturated heterocycles. The normalized spacial score (nSPS) is 12.9. The third-order valence-electron chi connectivity index (χ3n) is 2.35. The quantitative estimate of drug-likeness (QED) is 0.633. The Hall–Kier alpha value is 0.0200. The third kappa shape index (κ3) is 2.99. The van der Waals surface area contributed by atoms with Crippen molar-refractivity contribution in [2.24, 2.45) is 0 Å². The molecule has 0 spiro atoms. The summed E-state index contributed by atoms with van der Waals surface area (Å²) < 4.78 is 5.30. The Balaban J connectivity index is 0.000000980. The van der Waals surface area contributed by atoms with Crippen molar-refractivity contribution in [3.63, 3.8) is 0 Å². The largest absolute Gasteiger partial charge is 0.496 e. The second-order valence-corrected chi connectivity index (χ2v) is 3.17. The summed E-state index contributed by atoms with van der Waals surface area (Å²) in [5, 5.41) is 0. The first-order chi connectivity index (χ1) is 6.33. The summed E-state index contributed by atoms with van der Waals surface area (Å²) in [6.07, 6.45) is 2.10. The van der Waals surface area contributed by atoms with Crippen molar-refractivity contribution in [1.29, 1.82) is 0 Å². The van der Waals surface area contributed by atoms with E-state index >= 15 is 0 Å². The van der Waals surface area contributed by atoms with E-state index in [4.69, 9.17) is 4.74 Å². The zero-order valence-electron chi connectivity index (χ0n) is 8.77. The van der Waals surface area contributed by atoms with Crippen molar-refractivity contribution >= 4 is 59.4 Å². The lowest BCUT2D eigenvalue weighted by molar-refractivity contribution is 0.368. The van der Waals surface area contributed by atoms with Crippen LogP contribution in [0.2, 0.25) is 0 Å². The zero-order chi connectivity index (χ0) is 9.26. The fourth-order valence-electron chi connectivity index (χ4n) is 1.64. The first-order valence-corrected chi connectivity index (χ1v) is 4.37. The molecule has 84 valence electrons. The van der Waals surface area contributed by atoms with Gasteiger partial charge in [-0.1, -0.05) is 12.1 Å². The summed E-state index contributed by atoms with van der Waals surface area (Å²) >= 11 is 0. The summed E-state index contributed by atoms with van der Waals surface area (Å²) in [7, 11) is 3.80. The molecule has 0 unspecified atom stereocenters. The minimum Gasteiger partial charge on any atom is -0.496 e. The van der Waals surface area contributed by atoms with Crippen molar-refractivity contribution in [2.45, 2.75) is 0 Å². The number of hydrogen-bond acceptors (Lipinski definition) is 2. The molecule has 2 nitrogen and oxygen atoms in total. The Morgan fingerprint density at radius 1 is 1.20 bits per heavy atom. The second-order valence-electron chi connectivity index (χ2n) is 3.17. The van der Waals surface area contributed by atoms with E-state index in [0.29, 0.717) is 0 Å². The van der Waals surface area contributed by atoms with Gasteiger partial charge in [0.1, 0.15) is 5.76 Å². The lowest BCUT2D eigenvalue weighted by atomic mass is 10.1. The fourth-order valence-corrected chi connectivity index (χ4v) is 1.64. The lowest BCUT2D eigenvalue weighted by Crippen LogP contribution is -2.22. The number of likely N-dealkylation sites (N-methyl/N-ethyl adjacent to an activating group) is 1. The molecule has 0 radical (unpaired) electrons. The summed E-state index contributed by atoms with van der Waals surface area (Å²) in [5.74, 6) is 0.980. The van der Waals surface area contributed by atoms with Gasteiger partial charge in [-0.05, 0) is 18.2 Å². The Bertz CT molecular complexity index is 352. The highest BCUT2D eigenvalue weighted by atomic mass is 127. The molecule has 4 heteroatoms. The second kappa shape index (κ2) is 6.57. The van der Waals surface area contributed by atoms with Crippen molar-refractivity contribution in [3.05, 3.63) is 35.9 Å². The number of benzene rings is 1. The smallest absolute Gasteiger partial charge is 0.125 e. The van der Waals surface area contributed by atoms with Gasteiger partial charge in [0, 0.05) is 24.8 Å². The van der Waals surface area contributed by atoms with Crippen molar-refractivity contribution in [2.75, 3.05) is 25.6 Å². The first-order valence-electron chi connectivity index (χ1n) is 4.37. The average Bonchev–Trinajstić information content (AvgIpc) is 2.19. The maximum Gasteiger partial charge on any atom is 0.125 e. The molecule has 1 heterocycles. The van der Waals surface area contributed by atoms with Gasteiger partial charge in [-0.25, -0.2) is 0 Å². The van der Waals surface area contributed by atoms with Crippen LogP contribution in [0.5, 0.6) is 0 Å². The van der Waals surface area contributed by atoms with Gasteiger partial charge in [-0.3, -0.25) is 0 Å². The highest BCUT2D eigenvalue weighted by Gasteiger charge is 2.14. The monoisotopic (exact) mass is 431 g/mol. The molecule has 1 aromatic carbocycles. The van der Waals surface area contributed by atoms with Gasteiger partial charge in [0.05, 0.1) is 7.11 Å². The van der Waals surface area contributed by atoms with Gasteiger partial charge in [0.2, 0.25) is 0 Å². The van der Waals surface area contributed by atoms with Crippen LogP contribution in [0.25, 0.3) is 5.76 Å². The summed E-state index contributed by atoms with van der Waals surface area (Å²) in [6.45, 7) is 0.917. The molecular formula is C11H15I2NO. The van der Waals surface area contributed by atoms with Crippen LogP contribution in [0.15, 0.2) is 30.3 Å². The molecule has 0 atom stereocenters. The Labute approximate surface area is 125 Å². The SMILES string of the molecule is COC1=CCN(C)c2ccccc21.I.I. The van der Waals surface area contributed by atoms with Crippen molar-refractivity contribution in [1.82, 2.24) is 0 Å². The van der Waals surface area contributed by atoms with E-state index in [2.05, 4.69) is 30.2 Å². The van der Waals surface area contributed by atoms with Crippen molar-refractivity contribution < 1.29 is 4.74 Å². The Kier molecular flexibility index (Phi) is 6.58. The van der Waals surface area contributed by atoms with Gasteiger partial charge < -0.3 is 9.64 Å². The molecule has 0 bridgehead atoms. The third-order valence-corrected chi connectivity index (χ3v) is 2.35. The Morgan fingerprint density at radius 3 is 2.53 bits per heavy atom. The minimum absolute atomic E-state index is 0. The number of hydrogen-bond donors (Lipinski definition) is 0. The summed E-state index contributed by atoms with van der Waals surface area (Å²) in [4.78, 5) is 2.21. The van der Waals surface area contributed by atoms with E-state index in [1.165, 1.54) is 11.3 Å². The van der Waals surface area contributed by atoms with Gasteiger partial charge >= 0.3 is 0 Å². The maximum atomic E-state index is 5.30. The molecule has 0 amide bonds. The molecule has 0 aliphatic carbocycles. The van der Waals surface area contributed by atoms with E-state index < -0.39 is 0 Å². The van der Waals surface area contributed by atoms with E-state index in [1.54, 1.807) is 7.11 Å². The molecule has 0 N–H and O–H groups in total. The van der Waals surface area contributed by atoms with Crippen LogP contribution >= 0.6 is 48.0 Å². The Morgan fingerprint density at radius 2 is 1.87 bits per heavy atom. The lowest BCUT2D eigenvalue weighted by Gasteiger charge is -2.26. The predicted molar refractivity (Wildman–Crippen MR) is 85.5 cm³/mol. The highest BCUT2D eigenvalue weighted by molar-refractivity contribution is 14.0. The molecule has 0 fully saturated rings. The first kappa shape index (κ1) is 15.0. The van der Waals surface area contributed by atoms with Crippen LogP contribution in [0.4, 0.5) is 5.69 Å². The summed E-state index contributed by atoms with van der Waals surface area (Å²) in [6, 6.07) is 8.28. The van der Waals surface area contributed by atoms with Crippen LogP contribution in [-0.4, -0.2) is 20.7 Å². The van der Waals surface area contributed by atoms with Crippen molar-refractivity contribution in [3.8, 4) is 0 Å². The van der Waals surface area contributed by atoms with E-state index in [-0.39, 0.29) is 48.0 Å². The number of rotatable bonds is 1. The maximum absolute atomic E-state index is 5.30. The number of anilines is 1. The van der Waals surface area contributed by atoms with Crippen LogP contribution in [0.1, 0.15) is 5.56 Å². The van der Waals surface area contributed by atoms with Crippen LogP contribution in [0, 0.1) is 0 Å². The number of methoxy groups -OCH3 is 1. The molecule has 2 rings (SSSR count). The number of para-hydroxylation sites is 1. The number of ether oxygens (including phenoxy) is 1. The molecule has 15 heavy (non-hydrogen) atoms. The molecule has 1 aliphatic heterocycles. The van der Waals surface area contributed by atoms with Gasteiger partial charge in [0.15, 0.2) is 0 Å². The van der Waals surface area contributed by atoms with Crippen LogP contribution in [-0.2, 0) is 4.74 Å². The fraction of sp³-hybridized carbons (Fsp3) is 0.273. The van der Waals surface area contributed by atoms with Gasteiger partial charge in [-0.15, -0.1) is 48.0 Å². The number of nitrogens with zero attached hydrogens (tertiary/aromatic N) is 1. The molecule has 1 aliphatic rings. The predicted octanol–water partition coefficient (Wildman–Crippen LogP) is 3.36. The minimum atomic E-state index is 0. The number of fused-ring (bicyclic) bond motifs is 1. The molecule has 1 aromatic rings. The molecule has 0 aromatic heterocycles. The average molecular weight is 431 g/mol. The van der Waals surface area contributed by atoms with E-state index in [1.807, 2.05) is 12.1 Å². The van der Waals surface area contributed by atoms with Gasteiger partial charge in [-0.2, -0.15) is 0 Å². The highest BCUT2D eigenvalue weighted by Crippen LogP contribution is 2.30. The van der Waals surface area contributed by atoms with Crippen LogP contribution < -0.4 is 4.90 Å². The standard InChI is InChI=1S/C11H13NO.2HI/c1-12-8-7-11(13-2)9-5-3-4-6-10(9)12;;/h3-7H,8H2,1-2H3;2*1H. The topological polar surface area (TPSA) is 12.5 Å². The summed E-state index contributed by atoms with van der Waals surface area (Å²) in [5.41, 5.74) is 2.42. The van der Waals surface area contributed by atoms with Crippen LogP contribution in [0.3, 0.4) is 0 Å². The van der Waals surface area contributed by atoms with E-state index in [9.17, 15) is 0 Å². The zero-order valence-corrected chi connectivity index (χ0v) is 13.4. The molecular weight excluding hydrogens is 416 g/mol. The van der Waals surface area contributed by atoms with Gasteiger partial charge in [0.25, 0.3) is 0 Å². The molecule has 0 saturated carbocycles.